The van der Waals surface area contributed by atoms with Gasteiger partial charge in [-0.2, -0.15) is 0 Å². The number of guanidine groups is 1. The minimum absolute atomic E-state index is 0.0594. The first-order chi connectivity index (χ1) is 9.52. The fourth-order valence-electron chi connectivity index (χ4n) is 3.37. The van der Waals surface area contributed by atoms with Crippen molar-refractivity contribution in [3.05, 3.63) is 28.7 Å². The second kappa shape index (κ2) is 5.04. The molecule has 2 N–H and O–H groups in total. The summed E-state index contributed by atoms with van der Waals surface area (Å²) in [4.78, 5) is 9.21. The summed E-state index contributed by atoms with van der Waals surface area (Å²) in [5.74, 6) is 0.657. The third-order valence-corrected chi connectivity index (χ3v) is 5.21. The van der Waals surface area contributed by atoms with Gasteiger partial charge in [-0.3, -0.25) is 4.99 Å². The molecule has 0 aliphatic carbocycles. The SMILES string of the molecule is CC1CC2(CCN1C)CN=C(N)N2c1ccc(Br)cc1. The standard InChI is InChI=1S/C15H21BrN4/c1-11-9-15(7-8-19(11)2)10-18-14(17)20(15)13-5-3-12(16)4-6-13/h3-6,11H,7-10H2,1-2H3,(H2,17,18). The molecule has 20 heavy (non-hydrogen) atoms. The summed E-state index contributed by atoms with van der Waals surface area (Å²) in [7, 11) is 2.20. The van der Waals surface area contributed by atoms with Crippen LogP contribution in [0.4, 0.5) is 5.69 Å². The Labute approximate surface area is 128 Å². The largest absolute Gasteiger partial charge is 0.369 e. The van der Waals surface area contributed by atoms with Crippen LogP contribution in [0.1, 0.15) is 19.8 Å². The van der Waals surface area contributed by atoms with E-state index in [-0.39, 0.29) is 5.54 Å². The van der Waals surface area contributed by atoms with E-state index in [4.69, 9.17) is 5.73 Å². The lowest BCUT2D eigenvalue weighted by Gasteiger charge is -2.47. The van der Waals surface area contributed by atoms with Gasteiger partial charge in [0.05, 0.1) is 12.1 Å². The van der Waals surface area contributed by atoms with E-state index in [0.29, 0.717) is 12.0 Å². The molecule has 4 nitrogen and oxygen atoms in total. The van der Waals surface area contributed by atoms with Crippen LogP contribution in [0.2, 0.25) is 0 Å². The molecule has 1 fully saturated rings. The van der Waals surface area contributed by atoms with Crippen LogP contribution < -0.4 is 10.6 Å². The number of aliphatic imine (C=N–C) groups is 1. The van der Waals surface area contributed by atoms with Crippen LogP contribution in [0.25, 0.3) is 0 Å². The third-order valence-electron chi connectivity index (χ3n) is 4.68. The van der Waals surface area contributed by atoms with E-state index in [1.54, 1.807) is 0 Å². The molecule has 2 atom stereocenters. The van der Waals surface area contributed by atoms with Crippen LogP contribution in [0.3, 0.4) is 0 Å². The number of hydrogen-bond acceptors (Lipinski definition) is 4. The molecule has 2 heterocycles. The number of halogens is 1. The zero-order valence-electron chi connectivity index (χ0n) is 12.0. The molecule has 2 aliphatic heterocycles. The van der Waals surface area contributed by atoms with Gasteiger partial charge >= 0.3 is 0 Å². The molecule has 3 rings (SSSR count). The molecule has 1 spiro atoms. The van der Waals surface area contributed by atoms with Crippen LogP contribution in [0, 0.1) is 0 Å². The highest BCUT2D eigenvalue weighted by Crippen LogP contribution is 2.38. The Morgan fingerprint density at radius 1 is 1.35 bits per heavy atom. The van der Waals surface area contributed by atoms with E-state index in [0.717, 1.165) is 36.1 Å². The molecule has 1 aromatic carbocycles. The molecule has 1 saturated heterocycles. The quantitative estimate of drug-likeness (QED) is 0.856. The van der Waals surface area contributed by atoms with Crippen LogP contribution in [0.15, 0.2) is 33.7 Å². The van der Waals surface area contributed by atoms with Crippen molar-refractivity contribution in [2.24, 2.45) is 10.7 Å². The number of nitrogens with zero attached hydrogens (tertiary/aromatic N) is 3. The number of piperidine rings is 1. The topological polar surface area (TPSA) is 44.9 Å². The van der Waals surface area contributed by atoms with Gasteiger partial charge in [-0.25, -0.2) is 0 Å². The zero-order chi connectivity index (χ0) is 14.3. The monoisotopic (exact) mass is 336 g/mol. The van der Waals surface area contributed by atoms with Crippen molar-refractivity contribution in [2.75, 3.05) is 25.0 Å². The van der Waals surface area contributed by atoms with E-state index in [2.05, 4.69) is 69.0 Å². The van der Waals surface area contributed by atoms with E-state index in [9.17, 15) is 0 Å². The molecule has 2 unspecified atom stereocenters. The third kappa shape index (κ3) is 2.23. The van der Waals surface area contributed by atoms with Gasteiger partial charge in [-0.05, 0) is 51.1 Å². The predicted molar refractivity (Wildman–Crippen MR) is 87.2 cm³/mol. The summed E-state index contributed by atoms with van der Waals surface area (Å²) in [6.45, 7) is 4.19. The van der Waals surface area contributed by atoms with Crippen molar-refractivity contribution < 1.29 is 0 Å². The summed E-state index contributed by atoms with van der Waals surface area (Å²) in [5.41, 5.74) is 7.39. The van der Waals surface area contributed by atoms with Crippen molar-refractivity contribution >= 4 is 27.6 Å². The van der Waals surface area contributed by atoms with E-state index < -0.39 is 0 Å². The number of benzene rings is 1. The number of likely N-dealkylation sites (tertiary alicyclic amines) is 1. The van der Waals surface area contributed by atoms with Gasteiger partial charge in [0.1, 0.15) is 0 Å². The number of anilines is 1. The van der Waals surface area contributed by atoms with Crippen molar-refractivity contribution in [3.8, 4) is 0 Å². The van der Waals surface area contributed by atoms with Crippen molar-refractivity contribution in [2.45, 2.75) is 31.3 Å². The van der Waals surface area contributed by atoms with Gasteiger partial charge in [0.25, 0.3) is 0 Å². The first kappa shape index (κ1) is 13.9. The molecular weight excluding hydrogens is 316 g/mol. The highest BCUT2D eigenvalue weighted by Gasteiger charge is 2.46. The average Bonchev–Trinajstić information content (AvgIpc) is 2.73. The normalized spacial score (nSPS) is 30.9. The lowest BCUT2D eigenvalue weighted by atomic mass is 9.82. The minimum atomic E-state index is 0.0594. The number of nitrogens with two attached hydrogens (primary N) is 1. The first-order valence-electron chi connectivity index (χ1n) is 7.08. The average molecular weight is 337 g/mol. The lowest BCUT2D eigenvalue weighted by molar-refractivity contribution is 0.141. The smallest absolute Gasteiger partial charge is 0.196 e. The van der Waals surface area contributed by atoms with Crippen LogP contribution in [-0.4, -0.2) is 42.6 Å². The Balaban J connectivity index is 1.94. The molecule has 108 valence electrons. The van der Waals surface area contributed by atoms with Crippen LogP contribution in [-0.2, 0) is 0 Å². The van der Waals surface area contributed by atoms with Gasteiger partial charge in [-0.1, -0.05) is 15.9 Å². The summed E-state index contributed by atoms with van der Waals surface area (Å²) < 4.78 is 1.08. The van der Waals surface area contributed by atoms with E-state index in [1.807, 2.05) is 0 Å². The Kier molecular flexibility index (Phi) is 3.50. The molecule has 0 radical (unpaired) electrons. The van der Waals surface area contributed by atoms with Crippen LogP contribution >= 0.6 is 15.9 Å². The summed E-state index contributed by atoms with van der Waals surface area (Å²) in [6.07, 6.45) is 2.21. The molecular formula is C15H21BrN4. The van der Waals surface area contributed by atoms with Crippen molar-refractivity contribution in [3.63, 3.8) is 0 Å². The Morgan fingerprint density at radius 2 is 2.05 bits per heavy atom. The second-order valence-electron chi connectivity index (χ2n) is 5.99. The highest BCUT2D eigenvalue weighted by atomic mass is 79.9. The molecule has 1 aromatic rings. The van der Waals surface area contributed by atoms with Gasteiger partial charge in [0, 0.05) is 22.7 Å². The Morgan fingerprint density at radius 3 is 2.70 bits per heavy atom. The summed E-state index contributed by atoms with van der Waals surface area (Å²) in [5, 5.41) is 0. The Bertz CT molecular complexity index is 527. The number of rotatable bonds is 1. The zero-order valence-corrected chi connectivity index (χ0v) is 13.6. The van der Waals surface area contributed by atoms with Gasteiger partial charge in [0.15, 0.2) is 5.96 Å². The highest BCUT2D eigenvalue weighted by molar-refractivity contribution is 9.10. The van der Waals surface area contributed by atoms with Crippen molar-refractivity contribution in [1.82, 2.24) is 4.90 Å². The predicted octanol–water partition coefficient (Wildman–Crippen LogP) is 2.44. The van der Waals surface area contributed by atoms with E-state index >= 15 is 0 Å². The fraction of sp³-hybridized carbons (Fsp3) is 0.533. The number of hydrogen-bond donors (Lipinski definition) is 1. The molecule has 0 amide bonds. The fourth-order valence-corrected chi connectivity index (χ4v) is 3.63. The van der Waals surface area contributed by atoms with Crippen LogP contribution in [0.5, 0.6) is 0 Å². The summed E-state index contributed by atoms with van der Waals surface area (Å²) in [6, 6.07) is 8.91. The molecule has 2 aliphatic rings. The first-order valence-corrected chi connectivity index (χ1v) is 7.87. The van der Waals surface area contributed by atoms with E-state index in [1.165, 1.54) is 0 Å². The molecule has 0 bridgehead atoms. The van der Waals surface area contributed by atoms with Gasteiger partial charge < -0.3 is 15.5 Å². The maximum atomic E-state index is 6.19. The maximum absolute atomic E-state index is 6.19. The summed E-state index contributed by atoms with van der Waals surface area (Å²) >= 11 is 3.49. The van der Waals surface area contributed by atoms with Gasteiger partial charge in [-0.15, -0.1) is 0 Å². The molecule has 5 heteroatoms. The second-order valence-corrected chi connectivity index (χ2v) is 6.91. The maximum Gasteiger partial charge on any atom is 0.196 e. The minimum Gasteiger partial charge on any atom is -0.369 e. The molecule has 0 aromatic heterocycles. The lowest BCUT2D eigenvalue weighted by Crippen LogP contribution is -2.59. The van der Waals surface area contributed by atoms with Gasteiger partial charge in [0.2, 0.25) is 0 Å². The Hall–Kier alpha value is -1.07. The van der Waals surface area contributed by atoms with Crippen molar-refractivity contribution in [1.29, 1.82) is 0 Å². The molecule has 0 saturated carbocycles.